The van der Waals surface area contributed by atoms with Crippen molar-refractivity contribution in [2.24, 2.45) is 0 Å². The molecule has 3 nitrogen and oxygen atoms in total. The third-order valence-corrected chi connectivity index (χ3v) is 3.78. The van der Waals surface area contributed by atoms with Crippen LogP contribution >= 0.6 is 0 Å². The first-order valence-corrected chi connectivity index (χ1v) is 8.58. The van der Waals surface area contributed by atoms with Gasteiger partial charge in [0, 0.05) is 19.3 Å². The lowest BCUT2D eigenvalue weighted by Gasteiger charge is -2.08. The van der Waals surface area contributed by atoms with Crippen molar-refractivity contribution >= 4 is 0 Å². The molecule has 0 aliphatic carbocycles. The summed E-state index contributed by atoms with van der Waals surface area (Å²) in [5.74, 6) is 0. The van der Waals surface area contributed by atoms with E-state index in [-0.39, 0.29) is 0 Å². The van der Waals surface area contributed by atoms with Gasteiger partial charge in [0.05, 0.1) is 12.0 Å². The van der Waals surface area contributed by atoms with Crippen LogP contribution in [0.25, 0.3) is 0 Å². The van der Waals surface area contributed by atoms with E-state index in [1.165, 1.54) is 63.5 Å². The maximum atomic E-state index is 4.27. The maximum absolute atomic E-state index is 4.27. The zero-order valence-corrected chi connectivity index (χ0v) is 13.5. The van der Waals surface area contributed by atoms with Gasteiger partial charge >= 0.3 is 0 Å². The highest BCUT2D eigenvalue weighted by Crippen LogP contribution is 2.10. The topological polar surface area (TPSA) is 29.9 Å². The second-order valence-electron chi connectivity index (χ2n) is 5.73. The summed E-state index contributed by atoms with van der Waals surface area (Å²) in [4.78, 5) is 4.27. The van der Waals surface area contributed by atoms with Crippen LogP contribution in [0.15, 0.2) is 12.5 Å². The van der Waals surface area contributed by atoms with Gasteiger partial charge in [-0.25, -0.2) is 4.98 Å². The minimum atomic E-state index is 0.949. The fourth-order valence-corrected chi connectivity index (χ4v) is 2.51. The monoisotopic (exact) mass is 279 g/mol. The maximum Gasteiger partial charge on any atom is 0.0948 e. The van der Waals surface area contributed by atoms with Crippen molar-refractivity contribution in [2.75, 3.05) is 6.54 Å². The Morgan fingerprint density at radius 3 is 2.35 bits per heavy atom. The van der Waals surface area contributed by atoms with Crippen LogP contribution in [0.3, 0.4) is 0 Å². The molecule has 0 fully saturated rings. The van der Waals surface area contributed by atoms with Gasteiger partial charge in [-0.1, -0.05) is 58.8 Å². The van der Waals surface area contributed by atoms with Crippen LogP contribution in [-0.4, -0.2) is 16.1 Å². The average molecular weight is 279 g/mol. The molecule has 0 radical (unpaired) electrons. The van der Waals surface area contributed by atoms with E-state index in [0.717, 1.165) is 19.6 Å². The van der Waals surface area contributed by atoms with Crippen molar-refractivity contribution < 1.29 is 0 Å². The number of aryl methyl sites for hydroxylation is 1. The van der Waals surface area contributed by atoms with Crippen molar-refractivity contribution in [3.63, 3.8) is 0 Å². The zero-order chi connectivity index (χ0) is 14.5. The van der Waals surface area contributed by atoms with E-state index >= 15 is 0 Å². The summed E-state index contributed by atoms with van der Waals surface area (Å²) in [7, 11) is 0. The van der Waals surface area contributed by atoms with Crippen LogP contribution in [0.4, 0.5) is 0 Å². The number of nitrogens with one attached hydrogen (secondary N) is 1. The van der Waals surface area contributed by atoms with Gasteiger partial charge in [-0.3, -0.25) is 0 Å². The molecule has 0 aliphatic rings. The van der Waals surface area contributed by atoms with E-state index in [4.69, 9.17) is 0 Å². The summed E-state index contributed by atoms with van der Waals surface area (Å²) in [6, 6.07) is 0. The minimum Gasteiger partial charge on any atom is -0.333 e. The predicted molar refractivity (Wildman–Crippen MR) is 86.8 cm³/mol. The molecule has 1 heterocycles. The second kappa shape index (κ2) is 12.0. The Labute approximate surface area is 125 Å². The van der Waals surface area contributed by atoms with Gasteiger partial charge in [0.15, 0.2) is 0 Å². The summed E-state index contributed by atoms with van der Waals surface area (Å²) in [6.45, 7) is 7.63. The number of hydrogen-bond acceptors (Lipinski definition) is 2. The average Bonchev–Trinajstić information content (AvgIpc) is 2.90. The first-order valence-electron chi connectivity index (χ1n) is 8.58. The third kappa shape index (κ3) is 7.68. The molecule has 1 aromatic heterocycles. The minimum absolute atomic E-state index is 0.949. The molecule has 0 unspecified atom stereocenters. The molecule has 116 valence electrons. The van der Waals surface area contributed by atoms with Crippen molar-refractivity contribution in [3.05, 3.63) is 18.2 Å². The Morgan fingerprint density at radius 2 is 1.65 bits per heavy atom. The number of nitrogens with zero attached hydrogens (tertiary/aromatic N) is 2. The fourth-order valence-electron chi connectivity index (χ4n) is 2.51. The first kappa shape index (κ1) is 17.2. The van der Waals surface area contributed by atoms with E-state index in [0.29, 0.717) is 0 Å². The van der Waals surface area contributed by atoms with E-state index < -0.39 is 0 Å². The molecule has 1 aromatic rings. The number of unbranched alkanes of at least 4 members (excludes halogenated alkanes) is 7. The van der Waals surface area contributed by atoms with Gasteiger partial charge < -0.3 is 9.88 Å². The highest BCUT2D eigenvalue weighted by Gasteiger charge is 2.01. The molecule has 0 atom stereocenters. The summed E-state index contributed by atoms with van der Waals surface area (Å²) >= 11 is 0. The number of hydrogen-bond donors (Lipinski definition) is 1. The Hall–Kier alpha value is -0.830. The van der Waals surface area contributed by atoms with Crippen molar-refractivity contribution in [1.82, 2.24) is 14.9 Å². The van der Waals surface area contributed by atoms with Crippen molar-refractivity contribution in [2.45, 2.75) is 84.7 Å². The molecule has 0 bridgehead atoms. The summed E-state index contributed by atoms with van der Waals surface area (Å²) in [5.41, 5.74) is 1.32. The summed E-state index contributed by atoms with van der Waals surface area (Å²) in [5, 5.41) is 3.45. The third-order valence-electron chi connectivity index (χ3n) is 3.78. The van der Waals surface area contributed by atoms with Gasteiger partial charge in [-0.05, 0) is 19.4 Å². The van der Waals surface area contributed by atoms with Crippen molar-refractivity contribution in [3.8, 4) is 0 Å². The highest BCUT2D eigenvalue weighted by atomic mass is 15.1. The predicted octanol–water partition coefficient (Wildman–Crippen LogP) is 4.52. The molecule has 0 saturated carbocycles. The SMILES string of the molecule is CCCCCCCCCCn1cncc1CNCCC. The van der Waals surface area contributed by atoms with Crippen molar-refractivity contribution in [1.29, 1.82) is 0 Å². The molecule has 0 aliphatic heterocycles. The molecule has 20 heavy (non-hydrogen) atoms. The lowest BCUT2D eigenvalue weighted by Crippen LogP contribution is -2.16. The molecule has 0 spiro atoms. The standard InChI is InChI=1S/C17H33N3/c1-3-5-6-7-8-9-10-11-13-20-16-19-15-17(20)14-18-12-4-2/h15-16,18H,3-14H2,1-2H3. The van der Waals surface area contributed by atoms with Crippen LogP contribution in [0, 0.1) is 0 Å². The zero-order valence-electron chi connectivity index (χ0n) is 13.5. The molecule has 0 saturated heterocycles. The number of aromatic nitrogens is 2. The van der Waals surface area contributed by atoms with Crippen LogP contribution in [0.2, 0.25) is 0 Å². The van der Waals surface area contributed by atoms with Gasteiger partial charge in [0.1, 0.15) is 0 Å². The normalized spacial score (nSPS) is 11.1. The van der Waals surface area contributed by atoms with Gasteiger partial charge in [0.2, 0.25) is 0 Å². The summed E-state index contributed by atoms with van der Waals surface area (Å²) in [6.07, 6.45) is 16.2. The van der Waals surface area contributed by atoms with Crippen LogP contribution in [0.1, 0.15) is 77.3 Å². The number of imidazole rings is 1. The van der Waals surface area contributed by atoms with E-state index in [1.807, 2.05) is 12.5 Å². The van der Waals surface area contributed by atoms with E-state index in [1.54, 1.807) is 0 Å². The Kier molecular flexibility index (Phi) is 10.3. The largest absolute Gasteiger partial charge is 0.333 e. The Bertz CT molecular complexity index is 320. The first-order chi connectivity index (χ1) is 9.88. The second-order valence-corrected chi connectivity index (χ2v) is 5.73. The molecule has 1 N–H and O–H groups in total. The van der Waals surface area contributed by atoms with E-state index in [2.05, 4.69) is 28.7 Å². The molecule has 3 heteroatoms. The van der Waals surface area contributed by atoms with E-state index in [9.17, 15) is 0 Å². The van der Waals surface area contributed by atoms with Gasteiger partial charge in [-0.2, -0.15) is 0 Å². The van der Waals surface area contributed by atoms with Crippen LogP contribution < -0.4 is 5.32 Å². The lowest BCUT2D eigenvalue weighted by atomic mass is 10.1. The molecular formula is C17H33N3. The van der Waals surface area contributed by atoms with Crippen LogP contribution in [-0.2, 0) is 13.1 Å². The van der Waals surface area contributed by atoms with Gasteiger partial charge in [0.25, 0.3) is 0 Å². The Morgan fingerprint density at radius 1 is 0.950 bits per heavy atom. The number of rotatable bonds is 13. The molecule has 1 rings (SSSR count). The summed E-state index contributed by atoms with van der Waals surface area (Å²) < 4.78 is 2.31. The highest BCUT2D eigenvalue weighted by molar-refractivity contribution is 4.97. The van der Waals surface area contributed by atoms with Gasteiger partial charge in [-0.15, -0.1) is 0 Å². The smallest absolute Gasteiger partial charge is 0.0948 e. The molecule has 0 aromatic carbocycles. The molecular weight excluding hydrogens is 246 g/mol. The quantitative estimate of drug-likeness (QED) is 0.538. The van der Waals surface area contributed by atoms with Crippen LogP contribution in [0.5, 0.6) is 0 Å². The Balaban J connectivity index is 2.05. The fraction of sp³-hybridized carbons (Fsp3) is 0.824. The lowest BCUT2D eigenvalue weighted by molar-refractivity contribution is 0.529. The molecule has 0 amide bonds.